The molecule has 1 amide bonds. The Morgan fingerprint density at radius 1 is 1.59 bits per heavy atom. The second-order valence-electron chi connectivity index (χ2n) is 4.45. The van der Waals surface area contributed by atoms with Crippen molar-refractivity contribution in [2.45, 2.75) is 45.1 Å². The van der Waals surface area contributed by atoms with Gasteiger partial charge in [-0.3, -0.25) is 14.3 Å². The van der Waals surface area contributed by atoms with Gasteiger partial charge in [-0.05, 0) is 25.3 Å². The average Bonchev–Trinajstić information content (AvgIpc) is 2.94. The van der Waals surface area contributed by atoms with E-state index < -0.39 is 0 Å². The molecule has 17 heavy (non-hydrogen) atoms. The second-order valence-corrected chi connectivity index (χ2v) is 4.45. The minimum atomic E-state index is -0.216. The van der Waals surface area contributed by atoms with Gasteiger partial charge in [0.1, 0.15) is 5.69 Å². The minimum absolute atomic E-state index is 0.179. The van der Waals surface area contributed by atoms with Crippen LogP contribution in [0.25, 0.3) is 0 Å². The molecule has 0 bridgehead atoms. The number of aryl methyl sites for hydroxylation is 2. The van der Waals surface area contributed by atoms with Gasteiger partial charge in [0.2, 0.25) is 0 Å². The fourth-order valence-corrected chi connectivity index (χ4v) is 2.11. The molecule has 1 fully saturated rings. The lowest BCUT2D eigenvalue weighted by Crippen LogP contribution is -2.29. The van der Waals surface area contributed by atoms with Crippen molar-refractivity contribution in [3.05, 3.63) is 17.5 Å². The van der Waals surface area contributed by atoms with Gasteiger partial charge in [-0.1, -0.05) is 19.8 Å². The second kappa shape index (κ2) is 5.31. The van der Waals surface area contributed by atoms with Gasteiger partial charge in [0.15, 0.2) is 0 Å². The monoisotopic (exact) mass is 237 g/mol. The molecule has 1 saturated carbocycles. The van der Waals surface area contributed by atoms with E-state index in [0.717, 1.165) is 25.0 Å². The van der Waals surface area contributed by atoms with Crippen molar-refractivity contribution < 1.29 is 9.63 Å². The fraction of sp³-hybridized carbons (Fsp3) is 0.667. The SMILES string of the molecule is CCc1cc(C(=O)NOC2CCCC2)n(C)n1. The molecule has 94 valence electrons. The highest BCUT2D eigenvalue weighted by atomic mass is 16.7. The van der Waals surface area contributed by atoms with E-state index in [1.807, 2.05) is 6.92 Å². The van der Waals surface area contributed by atoms with E-state index in [2.05, 4.69) is 10.6 Å². The van der Waals surface area contributed by atoms with Crippen molar-refractivity contribution in [1.29, 1.82) is 0 Å². The van der Waals surface area contributed by atoms with Gasteiger partial charge >= 0.3 is 0 Å². The first-order chi connectivity index (χ1) is 8.20. The van der Waals surface area contributed by atoms with Gasteiger partial charge < -0.3 is 0 Å². The predicted molar refractivity (Wildman–Crippen MR) is 63.4 cm³/mol. The molecule has 1 aliphatic carbocycles. The van der Waals surface area contributed by atoms with E-state index in [9.17, 15) is 4.79 Å². The summed E-state index contributed by atoms with van der Waals surface area (Å²) in [4.78, 5) is 17.2. The van der Waals surface area contributed by atoms with Crippen molar-refractivity contribution in [2.24, 2.45) is 7.05 Å². The van der Waals surface area contributed by atoms with Crippen LogP contribution in [-0.4, -0.2) is 21.8 Å². The van der Waals surface area contributed by atoms with Crippen LogP contribution in [0.5, 0.6) is 0 Å². The molecule has 1 aromatic rings. The van der Waals surface area contributed by atoms with E-state index in [1.165, 1.54) is 12.8 Å². The topological polar surface area (TPSA) is 56.1 Å². The van der Waals surface area contributed by atoms with Crippen LogP contribution in [0.2, 0.25) is 0 Å². The van der Waals surface area contributed by atoms with Gasteiger partial charge in [-0.2, -0.15) is 5.10 Å². The van der Waals surface area contributed by atoms with Crippen LogP contribution in [0.4, 0.5) is 0 Å². The number of amides is 1. The zero-order chi connectivity index (χ0) is 12.3. The maximum atomic E-state index is 11.9. The smallest absolute Gasteiger partial charge is 0.270 e. The van der Waals surface area contributed by atoms with Crippen molar-refractivity contribution in [1.82, 2.24) is 15.3 Å². The molecule has 1 N–H and O–H groups in total. The van der Waals surface area contributed by atoms with E-state index in [0.29, 0.717) is 5.69 Å². The molecule has 0 unspecified atom stereocenters. The summed E-state index contributed by atoms with van der Waals surface area (Å²) in [5, 5.41) is 4.23. The molecule has 5 heteroatoms. The van der Waals surface area contributed by atoms with Crippen LogP contribution in [0, 0.1) is 0 Å². The van der Waals surface area contributed by atoms with E-state index in [-0.39, 0.29) is 12.0 Å². The van der Waals surface area contributed by atoms with Crippen molar-refractivity contribution in [2.75, 3.05) is 0 Å². The number of nitrogens with one attached hydrogen (secondary N) is 1. The first kappa shape index (κ1) is 12.1. The molecule has 0 spiro atoms. The lowest BCUT2D eigenvalue weighted by atomic mass is 10.3. The van der Waals surface area contributed by atoms with Crippen LogP contribution in [-0.2, 0) is 18.3 Å². The van der Waals surface area contributed by atoms with Gasteiger partial charge in [0.05, 0.1) is 11.8 Å². The molecule has 0 aromatic carbocycles. The Morgan fingerprint density at radius 3 is 2.88 bits per heavy atom. The molecule has 1 aliphatic rings. The molecule has 5 nitrogen and oxygen atoms in total. The summed E-state index contributed by atoms with van der Waals surface area (Å²) >= 11 is 0. The number of hydrogen-bond donors (Lipinski definition) is 1. The minimum Gasteiger partial charge on any atom is -0.270 e. The molecule has 0 atom stereocenters. The van der Waals surface area contributed by atoms with Crippen LogP contribution in [0.1, 0.15) is 48.8 Å². The number of carbonyl (C=O) groups excluding carboxylic acids is 1. The molecular weight excluding hydrogens is 218 g/mol. The van der Waals surface area contributed by atoms with Crippen LogP contribution >= 0.6 is 0 Å². The van der Waals surface area contributed by atoms with E-state index in [4.69, 9.17) is 4.84 Å². The summed E-state index contributed by atoms with van der Waals surface area (Å²) in [6.45, 7) is 2.01. The maximum absolute atomic E-state index is 11.9. The zero-order valence-corrected chi connectivity index (χ0v) is 10.4. The summed E-state index contributed by atoms with van der Waals surface area (Å²) in [5.74, 6) is -0.216. The van der Waals surface area contributed by atoms with Gasteiger partial charge in [0, 0.05) is 7.05 Å². The number of carbonyl (C=O) groups is 1. The lowest BCUT2D eigenvalue weighted by Gasteiger charge is -2.11. The van der Waals surface area contributed by atoms with E-state index >= 15 is 0 Å². The first-order valence-corrected chi connectivity index (χ1v) is 6.19. The van der Waals surface area contributed by atoms with Crippen molar-refractivity contribution >= 4 is 5.91 Å². The van der Waals surface area contributed by atoms with Crippen LogP contribution < -0.4 is 5.48 Å². The molecule has 0 saturated heterocycles. The Kier molecular flexibility index (Phi) is 3.78. The largest absolute Gasteiger partial charge is 0.293 e. The predicted octanol–water partition coefficient (Wildman–Crippen LogP) is 1.59. The highest BCUT2D eigenvalue weighted by molar-refractivity contribution is 5.91. The summed E-state index contributed by atoms with van der Waals surface area (Å²) in [5.41, 5.74) is 3.98. The summed E-state index contributed by atoms with van der Waals surface area (Å²) in [6.07, 6.45) is 5.44. The highest BCUT2D eigenvalue weighted by Crippen LogP contribution is 2.20. The molecule has 2 rings (SSSR count). The van der Waals surface area contributed by atoms with Crippen molar-refractivity contribution in [3.8, 4) is 0 Å². The van der Waals surface area contributed by atoms with Gasteiger partial charge in [-0.15, -0.1) is 0 Å². The number of hydroxylamine groups is 1. The zero-order valence-electron chi connectivity index (χ0n) is 10.4. The molecular formula is C12H19N3O2. The third-order valence-electron chi connectivity index (χ3n) is 3.15. The normalized spacial score (nSPS) is 16.4. The quantitative estimate of drug-likeness (QED) is 0.809. The Hall–Kier alpha value is -1.36. The van der Waals surface area contributed by atoms with Gasteiger partial charge in [0.25, 0.3) is 5.91 Å². The standard InChI is InChI=1S/C12H19N3O2/c1-3-9-8-11(15(2)13-9)12(16)14-17-10-6-4-5-7-10/h8,10H,3-7H2,1-2H3,(H,14,16). The average molecular weight is 237 g/mol. The highest BCUT2D eigenvalue weighted by Gasteiger charge is 2.18. The van der Waals surface area contributed by atoms with E-state index in [1.54, 1.807) is 17.8 Å². The number of nitrogens with zero attached hydrogens (tertiary/aromatic N) is 2. The van der Waals surface area contributed by atoms with Crippen LogP contribution in [0.3, 0.4) is 0 Å². The first-order valence-electron chi connectivity index (χ1n) is 6.19. The number of hydrogen-bond acceptors (Lipinski definition) is 3. The fourth-order valence-electron chi connectivity index (χ4n) is 2.11. The molecule has 1 heterocycles. The summed E-state index contributed by atoms with van der Waals surface area (Å²) in [7, 11) is 1.77. The molecule has 1 aromatic heterocycles. The molecule has 0 aliphatic heterocycles. The number of aromatic nitrogens is 2. The third-order valence-corrected chi connectivity index (χ3v) is 3.15. The Balaban J connectivity index is 1.91. The summed E-state index contributed by atoms with van der Waals surface area (Å²) < 4.78 is 1.59. The summed E-state index contributed by atoms with van der Waals surface area (Å²) in [6, 6.07) is 1.80. The molecule has 0 radical (unpaired) electrons. The Morgan fingerprint density at radius 2 is 2.29 bits per heavy atom. The Labute approximate surface area is 101 Å². The number of rotatable bonds is 4. The van der Waals surface area contributed by atoms with Gasteiger partial charge in [-0.25, -0.2) is 5.48 Å². The lowest BCUT2D eigenvalue weighted by molar-refractivity contribution is -0.0130. The van der Waals surface area contributed by atoms with Crippen molar-refractivity contribution in [3.63, 3.8) is 0 Å². The van der Waals surface area contributed by atoms with Crippen LogP contribution in [0.15, 0.2) is 6.07 Å². The third kappa shape index (κ3) is 2.85. The maximum Gasteiger partial charge on any atom is 0.293 e. The Bertz CT molecular complexity index is 394.